The number of nitrogens with one attached hydrogen (secondary N) is 1. The maximum Gasteiger partial charge on any atom is 0.220 e. The van der Waals surface area contributed by atoms with Crippen LogP contribution in [0.1, 0.15) is 50.0 Å². The highest BCUT2D eigenvalue weighted by atomic mass is 16.5. The molecular weight excluding hydrogens is 228 g/mol. The molecular formula is C14H22N2O2. The molecule has 1 N–H and O–H groups in total. The summed E-state index contributed by atoms with van der Waals surface area (Å²) in [6.45, 7) is 2.54. The summed E-state index contributed by atoms with van der Waals surface area (Å²) in [6, 6.07) is 1.91. The molecule has 1 amide bonds. The molecule has 0 unspecified atom stereocenters. The van der Waals surface area contributed by atoms with E-state index in [0.717, 1.165) is 17.9 Å². The Balaban J connectivity index is 1.62. The predicted molar refractivity (Wildman–Crippen MR) is 69.1 cm³/mol. The molecule has 0 radical (unpaired) electrons. The van der Waals surface area contributed by atoms with Crippen LogP contribution in [0.15, 0.2) is 10.6 Å². The highest BCUT2D eigenvalue weighted by Crippen LogP contribution is 2.25. The second-order valence-corrected chi connectivity index (χ2v) is 5.24. The number of hydrogen-bond acceptors (Lipinski definition) is 3. The number of hydrogen-bond donors (Lipinski definition) is 1. The molecule has 2 rings (SSSR count). The van der Waals surface area contributed by atoms with Gasteiger partial charge in [0.05, 0.1) is 5.69 Å². The molecule has 1 aliphatic carbocycles. The van der Waals surface area contributed by atoms with E-state index in [-0.39, 0.29) is 5.91 Å². The van der Waals surface area contributed by atoms with E-state index in [1.54, 1.807) is 0 Å². The summed E-state index contributed by atoms with van der Waals surface area (Å²) in [5.74, 6) is 1.62. The van der Waals surface area contributed by atoms with Crippen molar-refractivity contribution in [1.82, 2.24) is 10.5 Å². The zero-order chi connectivity index (χ0) is 12.8. The van der Waals surface area contributed by atoms with Crippen LogP contribution in [-0.2, 0) is 11.2 Å². The molecule has 1 aromatic heterocycles. The van der Waals surface area contributed by atoms with Gasteiger partial charge in [0, 0.05) is 25.5 Å². The Hall–Kier alpha value is -1.32. The van der Waals surface area contributed by atoms with Crippen molar-refractivity contribution < 1.29 is 9.32 Å². The first-order valence-electron chi connectivity index (χ1n) is 6.93. The highest BCUT2D eigenvalue weighted by molar-refractivity contribution is 5.76. The van der Waals surface area contributed by atoms with Gasteiger partial charge in [-0.2, -0.15) is 0 Å². The minimum atomic E-state index is 0.179. The van der Waals surface area contributed by atoms with Gasteiger partial charge in [0.25, 0.3) is 0 Å². The SMILES string of the molecule is Cc1cc(CCNC(=O)CC2CCCCC2)on1. The molecule has 0 aliphatic heterocycles. The largest absolute Gasteiger partial charge is 0.361 e. The zero-order valence-corrected chi connectivity index (χ0v) is 11.1. The van der Waals surface area contributed by atoms with E-state index in [9.17, 15) is 4.79 Å². The Morgan fingerprint density at radius 2 is 2.22 bits per heavy atom. The van der Waals surface area contributed by atoms with Gasteiger partial charge in [0.2, 0.25) is 5.91 Å². The number of rotatable bonds is 5. The Bertz CT molecular complexity index is 381. The van der Waals surface area contributed by atoms with Crippen molar-refractivity contribution in [3.05, 3.63) is 17.5 Å². The molecule has 0 bridgehead atoms. The number of carbonyl (C=O) groups is 1. The van der Waals surface area contributed by atoms with Gasteiger partial charge in [-0.15, -0.1) is 0 Å². The normalized spacial score (nSPS) is 16.7. The Morgan fingerprint density at radius 3 is 2.89 bits per heavy atom. The second kappa shape index (κ2) is 6.57. The van der Waals surface area contributed by atoms with Crippen molar-refractivity contribution in [1.29, 1.82) is 0 Å². The van der Waals surface area contributed by atoms with Crippen molar-refractivity contribution in [3.63, 3.8) is 0 Å². The first-order chi connectivity index (χ1) is 8.74. The van der Waals surface area contributed by atoms with Gasteiger partial charge >= 0.3 is 0 Å². The fourth-order valence-corrected chi connectivity index (χ4v) is 2.58. The van der Waals surface area contributed by atoms with Gasteiger partial charge in [-0.1, -0.05) is 24.4 Å². The second-order valence-electron chi connectivity index (χ2n) is 5.24. The summed E-state index contributed by atoms with van der Waals surface area (Å²) in [4.78, 5) is 11.7. The van der Waals surface area contributed by atoms with Crippen LogP contribution in [0.25, 0.3) is 0 Å². The van der Waals surface area contributed by atoms with Crippen molar-refractivity contribution in [3.8, 4) is 0 Å². The van der Waals surface area contributed by atoms with Crippen molar-refractivity contribution in [2.45, 2.75) is 51.9 Å². The third kappa shape index (κ3) is 4.17. The van der Waals surface area contributed by atoms with Crippen LogP contribution in [0.2, 0.25) is 0 Å². The number of carbonyl (C=O) groups excluding carboxylic acids is 1. The van der Waals surface area contributed by atoms with Gasteiger partial charge in [0.1, 0.15) is 5.76 Å². The smallest absolute Gasteiger partial charge is 0.220 e. The van der Waals surface area contributed by atoms with E-state index in [0.29, 0.717) is 18.9 Å². The minimum Gasteiger partial charge on any atom is -0.361 e. The van der Waals surface area contributed by atoms with Gasteiger partial charge in [-0.3, -0.25) is 4.79 Å². The quantitative estimate of drug-likeness (QED) is 0.874. The Labute approximate surface area is 108 Å². The molecule has 1 heterocycles. The summed E-state index contributed by atoms with van der Waals surface area (Å²) in [7, 11) is 0. The van der Waals surface area contributed by atoms with Crippen LogP contribution in [0.3, 0.4) is 0 Å². The average molecular weight is 250 g/mol. The number of aryl methyl sites for hydroxylation is 1. The molecule has 1 aliphatic rings. The summed E-state index contributed by atoms with van der Waals surface area (Å²) in [5.41, 5.74) is 0.888. The first-order valence-corrected chi connectivity index (χ1v) is 6.93. The number of aromatic nitrogens is 1. The summed E-state index contributed by atoms with van der Waals surface area (Å²) in [6.07, 6.45) is 7.75. The molecule has 4 heteroatoms. The van der Waals surface area contributed by atoms with E-state index in [2.05, 4.69) is 10.5 Å². The molecule has 18 heavy (non-hydrogen) atoms. The highest BCUT2D eigenvalue weighted by Gasteiger charge is 2.16. The van der Waals surface area contributed by atoms with E-state index < -0.39 is 0 Å². The van der Waals surface area contributed by atoms with Gasteiger partial charge < -0.3 is 9.84 Å². The fourth-order valence-electron chi connectivity index (χ4n) is 2.58. The van der Waals surface area contributed by atoms with Gasteiger partial charge in [-0.05, 0) is 25.7 Å². The lowest BCUT2D eigenvalue weighted by Crippen LogP contribution is -2.28. The predicted octanol–water partition coefficient (Wildman–Crippen LogP) is 2.61. The maximum absolute atomic E-state index is 11.7. The molecule has 0 aromatic carbocycles. The molecule has 1 saturated carbocycles. The molecule has 100 valence electrons. The van der Waals surface area contributed by atoms with Crippen LogP contribution in [0.5, 0.6) is 0 Å². The lowest BCUT2D eigenvalue weighted by molar-refractivity contribution is -0.122. The van der Waals surface area contributed by atoms with Crippen molar-refractivity contribution in [2.24, 2.45) is 5.92 Å². The van der Waals surface area contributed by atoms with Crippen molar-refractivity contribution in [2.75, 3.05) is 6.54 Å². The molecule has 4 nitrogen and oxygen atoms in total. The molecule has 0 spiro atoms. The summed E-state index contributed by atoms with van der Waals surface area (Å²) < 4.78 is 5.09. The van der Waals surface area contributed by atoms with Gasteiger partial charge in [-0.25, -0.2) is 0 Å². The van der Waals surface area contributed by atoms with Crippen LogP contribution in [-0.4, -0.2) is 17.6 Å². The maximum atomic E-state index is 11.7. The summed E-state index contributed by atoms with van der Waals surface area (Å²) >= 11 is 0. The van der Waals surface area contributed by atoms with E-state index in [1.165, 1.54) is 32.1 Å². The van der Waals surface area contributed by atoms with Gasteiger partial charge in [0.15, 0.2) is 0 Å². The van der Waals surface area contributed by atoms with E-state index in [1.807, 2.05) is 13.0 Å². The monoisotopic (exact) mass is 250 g/mol. The van der Waals surface area contributed by atoms with Crippen LogP contribution >= 0.6 is 0 Å². The van der Waals surface area contributed by atoms with E-state index >= 15 is 0 Å². The summed E-state index contributed by atoms with van der Waals surface area (Å²) in [5, 5.41) is 6.78. The Kier molecular flexibility index (Phi) is 4.79. The molecule has 1 aromatic rings. The molecule has 0 atom stereocenters. The first kappa shape index (κ1) is 13.1. The standard InChI is InChI=1S/C14H22N2O2/c1-11-9-13(18-16-11)7-8-15-14(17)10-12-5-3-2-4-6-12/h9,12H,2-8,10H2,1H3,(H,15,17). The fraction of sp³-hybridized carbons (Fsp3) is 0.714. The van der Waals surface area contributed by atoms with Crippen molar-refractivity contribution >= 4 is 5.91 Å². The number of nitrogens with zero attached hydrogens (tertiary/aromatic N) is 1. The molecule has 1 fully saturated rings. The average Bonchev–Trinajstić information content (AvgIpc) is 2.76. The third-order valence-corrected chi connectivity index (χ3v) is 3.57. The van der Waals surface area contributed by atoms with E-state index in [4.69, 9.17) is 4.52 Å². The topological polar surface area (TPSA) is 55.1 Å². The lowest BCUT2D eigenvalue weighted by Gasteiger charge is -2.20. The third-order valence-electron chi connectivity index (χ3n) is 3.57. The Morgan fingerprint density at radius 1 is 1.44 bits per heavy atom. The van der Waals surface area contributed by atoms with Crippen LogP contribution in [0.4, 0.5) is 0 Å². The van der Waals surface area contributed by atoms with Crippen LogP contribution < -0.4 is 5.32 Å². The van der Waals surface area contributed by atoms with Crippen LogP contribution in [0, 0.1) is 12.8 Å². The lowest BCUT2D eigenvalue weighted by atomic mass is 9.87. The number of amides is 1. The zero-order valence-electron chi connectivity index (χ0n) is 11.1. The molecule has 0 saturated heterocycles. The minimum absolute atomic E-state index is 0.179.